The molecule has 1 aromatic carbocycles. The van der Waals surface area contributed by atoms with Crippen molar-refractivity contribution >= 4 is 11.0 Å². The van der Waals surface area contributed by atoms with Gasteiger partial charge in [-0.1, -0.05) is 17.7 Å². The Balaban J connectivity index is 2.04. The Hall–Kier alpha value is -2.13. The van der Waals surface area contributed by atoms with Crippen molar-refractivity contribution in [1.82, 2.24) is 4.98 Å². The monoisotopic (exact) mass is 253 g/mol. The van der Waals surface area contributed by atoms with Crippen LogP contribution in [0.25, 0.3) is 11.0 Å². The molecule has 3 rings (SSSR count). The summed E-state index contributed by atoms with van der Waals surface area (Å²) in [5, 5.41) is 11.3. The zero-order chi connectivity index (χ0) is 13.4. The summed E-state index contributed by atoms with van der Waals surface area (Å²) in [7, 11) is 0. The van der Waals surface area contributed by atoms with E-state index in [9.17, 15) is 5.11 Å². The molecule has 96 valence electrons. The molecule has 0 bridgehead atoms. The second-order valence-corrected chi connectivity index (χ2v) is 4.80. The van der Waals surface area contributed by atoms with Gasteiger partial charge in [0.1, 0.15) is 11.3 Å². The van der Waals surface area contributed by atoms with Gasteiger partial charge in [-0.2, -0.15) is 0 Å². The van der Waals surface area contributed by atoms with Crippen molar-refractivity contribution in [3.8, 4) is 0 Å². The fourth-order valence-electron chi connectivity index (χ4n) is 2.18. The van der Waals surface area contributed by atoms with Gasteiger partial charge in [0, 0.05) is 11.1 Å². The SMILES string of the molecule is Cc1ccc2oc(C(O)c3cccc(C)n3)cc2c1. The van der Waals surface area contributed by atoms with Crippen molar-refractivity contribution in [1.29, 1.82) is 0 Å². The summed E-state index contributed by atoms with van der Waals surface area (Å²) in [6.07, 6.45) is -0.826. The second-order valence-electron chi connectivity index (χ2n) is 4.80. The highest BCUT2D eigenvalue weighted by molar-refractivity contribution is 5.78. The highest BCUT2D eigenvalue weighted by atomic mass is 16.4. The predicted octanol–water partition coefficient (Wildman–Crippen LogP) is 3.53. The topological polar surface area (TPSA) is 46.3 Å². The van der Waals surface area contributed by atoms with E-state index in [1.165, 1.54) is 5.56 Å². The Bertz CT molecular complexity index is 730. The first kappa shape index (κ1) is 11.9. The molecule has 0 saturated carbocycles. The van der Waals surface area contributed by atoms with Crippen LogP contribution >= 0.6 is 0 Å². The smallest absolute Gasteiger partial charge is 0.153 e. The lowest BCUT2D eigenvalue weighted by atomic mass is 10.1. The number of fused-ring (bicyclic) bond motifs is 1. The molecule has 0 radical (unpaired) electrons. The van der Waals surface area contributed by atoms with Crippen LogP contribution in [0.4, 0.5) is 0 Å². The van der Waals surface area contributed by atoms with Gasteiger partial charge in [0.25, 0.3) is 0 Å². The Morgan fingerprint density at radius 3 is 2.74 bits per heavy atom. The predicted molar refractivity (Wildman–Crippen MR) is 74.0 cm³/mol. The quantitative estimate of drug-likeness (QED) is 0.760. The molecule has 3 aromatic rings. The molecule has 19 heavy (non-hydrogen) atoms. The molecule has 3 nitrogen and oxygen atoms in total. The van der Waals surface area contributed by atoms with Gasteiger partial charge in [0.15, 0.2) is 6.10 Å². The summed E-state index contributed by atoms with van der Waals surface area (Å²) >= 11 is 0. The van der Waals surface area contributed by atoms with Crippen LogP contribution in [0.5, 0.6) is 0 Å². The maximum atomic E-state index is 10.3. The fourth-order valence-corrected chi connectivity index (χ4v) is 2.18. The molecule has 0 aliphatic rings. The van der Waals surface area contributed by atoms with Crippen LogP contribution in [0, 0.1) is 13.8 Å². The summed E-state index contributed by atoms with van der Waals surface area (Å²) in [6.45, 7) is 3.93. The molecule has 0 aliphatic heterocycles. The molecule has 3 heteroatoms. The zero-order valence-electron chi connectivity index (χ0n) is 10.9. The van der Waals surface area contributed by atoms with Crippen LogP contribution in [-0.2, 0) is 0 Å². The molecular formula is C16H15NO2. The van der Waals surface area contributed by atoms with Crippen LogP contribution in [-0.4, -0.2) is 10.1 Å². The standard InChI is InChI=1S/C16H15NO2/c1-10-6-7-14-12(8-10)9-15(19-14)16(18)13-5-3-4-11(2)17-13/h3-9,16,18H,1-2H3. The molecule has 0 saturated heterocycles. The van der Waals surface area contributed by atoms with E-state index in [4.69, 9.17) is 4.42 Å². The molecule has 0 fully saturated rings. The number of furan rings is 1. The second kappa shape index (κ2) is 4.52. The van der Waals surface area contributed by atoms with Crippen molar-refractivity contribution in [3.63, 3.8) is 0 Å². The summed E-state index contributed by atoms with van der Waals surface area (Å²) in [6, 6.07) is 13.4. The fraction of sp³-hybridized carbons (Fsp3) is 0.188. The van der Waals surface area contributed by atoms with Gasteiger partial charge < -0.3 is 9.52 Å². The Morgan fingerprint density at radius 2 is 1.95 bits per heavy atom. The van der Waals surface area contributed by atoms with E-state index in [1.54, 1.807) is 6.07 Å². The van der Waals surface area contributed by atoms with Crippen molar-refractivity contribution in [2.45, 2.75) is 20.0 Å². The molecule has 1 atom stereocenters. The molecule has 2 heterocycles. The lowest BCUT2D eigenvalue weighted by Gasteiger charge is -2.07. The number of aryl methyl sites for hydroxylation is 2. The number of aliphatic hydroxyl groups excluding tert-OH is 1. The lowest BCUT2D eigenvalue weighted by Crippen LogP contribution is -2.01. The minimum Gasteiger partial charge on any atom is -0.458 e. The third-order valence-electron chi connectivity index (χ3n) is 3.15. The first-order chi connectivity index (χ1) is 9.13. The number of pyridine rings is 1. The van der Waals surface area contributed by atoms with Gasteiger partial charge in [-0.25, -0.2) is 0 Å². The third-order valence-corrected chi connectivity index (χ3v) is 3.15. The number of aromatic nitrogens is 1. The summed E-state index contributed by atoms with van der Waals surface area (Å²) in [5.74, 6) is 0.527. The van der Waals surface area contributed by atoms with Gasteiger partial charge in [-0.05, 0) is 44.2 Å². The van der Waals surface area contributed by atoms with Gasteiger partial charge in [-0.3, -0.25) is 4.98 Å². The van der Waals surface area contributed by atoms with E-state index in [0.29, 0.717) is 11.5 Å². The number of nitrogens with zero attached hydrogens (tertiary/aromatic N) is 1. The first-order valence-electron chi connectivity index (χ1n) is 6.25. The number of benzene rings is 1. The van der Waals surface area contributed by atoms with Crippen molar-refractivity contribution in [2.75, 3.05) is 0 Å². The van der Waals surface area contributed by atoms with Crippen LogP contribution < -0.4 is 0 Å². The van der Waals surface area contributed by atoms with Crippen molar-refractivity contribution in [2.24, 2.45) is 0 Å². The Kier molecular flexibility index (Phi) is 2.84. The van der Waals surface area contributed by atoms with Gasteiger partial charge in [-0.15, -0.1) is 0 Å². The molecule has 2 aromatic heterocycles. The molecule has 1 unspecified atom stereocenters. The molecular weight excluding hydrogens is 238 g/mol. The van der Waals surface area contributed by atoms with Crippen LogP contribution in [0.1, 0.15) is 28.8 Å². The maximum Gasteiger partial charge on any atom is 0.153 e. The molecule has 1 N–H and O–H groups in total. The first-order valence-corrected chi connectivity index (χ1v) is 6.25. The average Bonchev–Trinajstić information content (AvgIpc) is 2.80. The number of aliphatic hydroxyl groups is 1. The Labute approximate surface area is 111 Å². The van der Waals surface area contributed by atoms with Crippen molar-refractivity contribution in [3.05, 3.63) is 65.2 Å². The number of hydrogen-bond acceptors (Lipinski definition) is 3. The van der Waals surface area contributed by atoms with E-state index >= 15 is 0 Å². The number of hydrogen-bond donors (Lipinski definition) is 1. The summed E-state index contributed by atoms with van der Waals surface area (Å²) < 4.78 is 5.69. The lowest BCUT2D eigenvalue weighted by molar-refractivity contribution is 0.187. The van der Waals surface area contributed by atoms with Gasteiger partial charge >= 0.3 is 0 Å². The largest absolute Gasteiger partial charge is 0.458 e. The van der Waals surface area contributed by atoms with E-state index in [2.05, 4.69) is 4.98 Å². The highest BCUT2D eigenvalue weighted by Crippen LogP contribution is 2.27. The van der Waals surface area contributed by atoms with E-state index in [-0.39, 0.29) is 0 Å². The van der Waals surface area contributed by atoms with Crippen LogP contribution in [0.15, 0.2) is 46.9 Å². The average molecular weight is 253 g/mol. The minimum atomic E-state index is -0.826. The van der Waals surface area contributed by atoms with Crippen LogP contribution in [0.3, 0.4) is 0 Å². The molecule has 0 aliphatic carbocycles. The van der Waals surface area contributed by atoms with E-state index in [0.717, 1.165) is 16.7 Å². The van der Waals surface area contributed by atoms with Gasteiger partial charge in [0.05, 0.1) is 5.69 Å². The minimum absolute atomic E-state index is 0.527. The Morgan fingerprint density at radius 1 is 1.11 bits per heavy atom. The van der Waals surface area contributed by atoms with Crippen molar-refractivity contribution < 1.29 is 9.52 Å². The third kappa shape index (κ3) is 2.25. The summed E-state index contributed by atoms with van der Waals surface area (Å²) in [4.78, 5) is 4.33. The zero-order valence-corrected chi connectivity index (χ0v) is 10.9. The van der Waals surface area contributed by atoms with Crippen LogP contribution in [0.2, 0.25) is 0 Å². The summed E-state index contributed by atoms with van der Waals surface area (Å²) in [5.41, 5.74) is 3.44. The van der Waals surface area contributed by atoms with E-state index < -0.39 is 6.10 Å². The highest BCUT2D eigenvalue weighted by Gasteiger charge is 2.16. The van der Waals surface area contributed by atoms with Gasteiger partial charge in [0.2, 0.25) is 0 Å². The molecule has 0 amide bonds. The number of rotatable bonds is 2. The molecule has 0 spiro atoms. The van der Waals surface area contributed by atoms with E-state index in [1.807, 2.05) is 50.2 Å². The maximum absolute atomic E-state index is 10.3. The normalized spacial score (nSPS) is 12.8.